The molecular weight excluding hydrogens is 152 g/mol. The minimum atomic E-state index is -0.720. The predicted octanol–water partition coefficient (Wildman–Crippen LogP) is -5.94. The molecule has 10 heavy (non-hydrogen) atoms. The molecule has 1 atom stereocenters. The Balaban J connectivity index is -0.0000000800. The molecule has 2 N–H and O–H groups in total. The first-order valence-electron chi connectivity index (χ1n) is 2.77. The quantitative estimate of drug-likeness (QED) is 0.378. The van der Waals surface area contributed by atoms with E-state index in [1.165, 1.54) is 0 Å². The van der Waals surface area contributed by atoms with Crippen molar-refractivity contribution in [2.45, 2.75) is 18.9 Å². The second-order valence-electron chi connectivity index (χ2n) is 1.99. The number of carbonyl (C=O) groups is 1. The van der Waals surface area contributed by atoms with Crippen LogP contribution in [0.4, 0.5) is 0 Å². The molecule has 1 aliphatic rings. The fourth-order valence-corrected chi connectivity index (χ4v) is 0.895. The van der Waals surface area contributed by atoms with Gasteiger partial charge >= 0.3 is 65.1 Å². The summed E-state index contributed by atoms with van der Waals surface area (Å²) in [5.41, 5.74) is 0. The minimum Gasteiger partial charge on any atom is -1.00 e. The van der Waals surface area contributed by atoms with Gasteiger partial charge in [-0.15, -0.1) is 0 Å². The minimum absolute atomic E-state index is 0. The van der Waals surface area contributed by atoms with E-state index in [0.717, 1.165) is 19.4 Å². The van der Waals surface area contributed by atoms with E-state index < -0.39 is 5.97 Å². The fourth-order valence-electron chi connectivity index (χ4n) is 0.895. The molecule has 50 valence electrons. The summed E-state index contributed by atoms with van der Waals surface area (Å²) in [5, 5.41) is 11.2. The second kappa shape index (κ2) is 7.10. The van der Waals surface area contributed by atoms with Crippen molar-refractivity contribution in [1.29, 1.82) is 0 Å². The number of carboxylic acid groups (broad SMARTS) is 1. The summed E-state index contributed by atoms with van der Waals surface area (Å²) >= 11 is 0. The van der Waals surface area contributed by atoms with Crippen molar-refractivity contribution in [3.8, 4) is 0 Å². The third-order valence-corrected chi connectivity index (χ3v) is 1.36. The van der Waals surface area contributed by atoms with Crippen LogP contribution in [0.3, 0.4) is 0 Å². The molecule has 1 fully saturated rings. The van der Waals surface area contributed by atoms with Crippen molar-refractivity contribution in [3.05, 3.63) is 0 Å². The van der Waals surface area contributed by atoms with Gasteiger partial charge in [-0.3, -0.25) is 4.79 Å². The van der Waals surface area contributed by atoms with E-state index in [2.05, 4.69) is 5.32 Å². The summed E-state index contributed by atoms with van der Waals surface area (Å²) in [4.78, 5) is 10.1. The summed E-state index contributed by atoms with van der Waals surface area (Å²) in [6.07, 6.45) is 1.78. The van der Waals surface area contributed by atoms with Crippen LogP contribution in [0.25, 0.3) is 0 Å². The molecule has 0 spiro atoms. The molecule has 0 aromatic rings. The summed E-state index contributed by atoms with van der Waals surface area (Å²) in [6.45, 7) is 0.858. The molecule has 0 radical (unpaired) electrons. The molecule has 3 nitrogen and oxygen atoms in total. The van der Waals surface area contributed by atoms with Gasteiger partial charge < -0.3 is 13.3 Å². The summed E-state index contributed by atoms with van der Waals surface area (Å²) in [5.74, 6) is -0.720. The van der Waals surface area contributed by atoms with Crippen LogP contribution in [0.5, 0.6) is 0 Å². The number of carboxylic acids is 1. The van der Waals surface area contributed by atoms with Crippen molar-refractivity contribution in [2.24, 2.45) is 0 Å². The topological polar surface area (TPSA) is 49.3 Å². The smallest absolute Gasteiger partial charge is 1.00 e. The molecule has 1 rings (SSSR count). The number of aliphatic carboxylic acids is 1. The molecule has 0 aromatic carbocycles. The van der Waals surface area contributed by atoms with Crippen LogP contribution in [-0.2, 0) is 4.79 Å². The average Bonchev–Trinajstić information content (AvgIpc) is 2.12. The number of nitrogens with one attached hydrogen (secondary N) is 1. The van der Waals surface area contributed by atoms with Crippen LogP contribution in [0.1, 0.15) is 15.7 Å². The molecule has 1 saturated heterocycles. The summed E-state index contributed by atoms with van der Waals surface area (Å²) in [6, 6.07) is -0.269. The van der Waals surface area contributed by atoms with E-state index in [1.54, 1.807) is 0 Å². The predicted molar refractivity (Wildman–Crippen MR) is 30.9 cm³/mol. The fraction of sp³-hybridized carbons (Fsp3) is 0.800. The van der Waals surface area contributed by atoms with Gasteiger partial charge in [0.1, 0.15) is 6.04 Å². The van der Waals surface area contributed by atoms with Crippen LogP contribution in [0.2, 0.25) is 0 Å². The monoisotopic (exact) mass is 163 g/mol. The van der Waals surface area contributed by atoms with Crippen LogP contribution in [0, 0.1) is 0 Å². The molecule has 5 heteroatoms. The Morgan fingerprint density at radius 2 is 2.20 bits per heavy atom. The largest absolute Gasteiger partial charge is 1.00 e. The maximum Gasteiger partial charge on any atom is 1.00 e. The maximum absolute atomic E-state index is 10.1. The second-order valence-corrected chi connectivity index (χ2v) is 1.99. The Hall–Kier alpha value is 1.43. The Kier molecular flexibility index (Phi) is 9.93. The standard InChI is InChI=1S/C5H9NO2.2Na.2H/c7-5(8)4-2-1-3-6-4;;;;/h4,6H,1-3H2,(H,7,8);;;;/q;2*+1;2*-1/t4-;;;;/m0..../s1. The van der Waals surface area contributed by atoms with Crippen LogP contribution in [0.15, 0.2) is 0 Å². The summed E-state index contributed by atoms with van der Waals surface area (Å²) in [7, 11) is 0. The molecule has 1 aliphatic heterocycles. The molecule has 1 heterocycles. The maximum atomic E-state index is 10.1. The van der Waals surface area contributed by atoms with E-state index in [1.807, 2.05) is 0 Å². The zero-order valence-corrected chi connectivity index (χ0v) is 10.6. The van der Waals surface area contributed by atoms with Gasteiger partial charge in [-0.1, -0.05) is 0 Å². The Labute approximate surface area is 107 Å². The van der Waals surface area contributed by atoms with E-state index in [-0.39, 0.29) is 68.0 Å². The van der Waals surface area contributed by atoms with Crippen molar-refractivity contribution in [3.63, 3.8) is 0 Å². The van der Waals surface area contributed by atoms with Crippen LogP contribution in [-0.4, -0.2) is 23.7 Å². The van der Waals surface area contributed by atoms with Crippen LogP contribution < -0.4 is 64.4 Å². The van der Waals surface area contributed by atoms with Gasteiger partial charge in [0.2, 0.25) is 0 Å². The Morgan fingerprint density at radius 3 is 2.40 bits per heavy atom. The zero-order valence-electron chi connectivity index (χ0n) is 8.55. The van der Waals surface area contributed by atoms with Crippen molar-refractivity contribution in [2.75, 3.05) is 6.54 Å². The molecule has 0 aliphatic carbocycles. The van der Waals surface area contributed by atoms with Crippen LogP contribution >= 0.6 is 0 Å². The van der Waals surface area contributed by atoms with E-state index in [4.69, 9.17) is 5.11 Å². The van der Waals surface area contributed by atoms with E-state index >= 15 is 0 Å². The van der Waals surface area contributed by atoms with Gasteiger partial charge in [-0.2, -0.15) is 0 Å². The first-order chi connectivity index (χ1) is 3.80. The molecule has 0 bridgehead atoms. The SMILES string of the molecule is O=C(O)[C@@H]1CCCN1.[H-].[H-].[Na+].[Na+]. The van der Waals surface area contributed by atoms with Gasteiger partial charge in [-0.05, 0) is 19.4 Å². The molecule has 0 saturated carbocycles. The van der Waals surface area contributed by atoms with Gasteiger partial charge in [-0.25, -0.2) is 0 Å². The van der Waals surface area contributed by atoms with Gasteiger partial charge in [0.15, 0.2) is 0 Å². The van der Waals surface area contributed by atoms with Gasteiger partial charge in [0, 0.05) is 0 Å². The van der Waals surface area contributed by atoms with E-state index in [9.17, 15) is 4.79 Å². The van der Waals surface area contributed by atoms with Gasteiger partial charge in [0.05, 0.1) is 0 Å². The molecule has 0 amide bonds. The Bertz CT molecular complexity index is 112. The third kappa shape index (κ3) is 4.34. The number of rotatable bonds is 1. The average molecular weight is 163 g/mol. The van der Waals surface area contributed by atoms with Gasteiger partial charge in [0.25, 0.3) is 0 Å². The first-order valence-corrected chi connectivity index (χ1v) is 2.77. The molecular formula is C5H11NNa2O2. The number of hydrogen-bond donors (Lipinski definition) is 2. The van der Waals surface area contributed by atoms with Crippen molar-refractivity contribution >= 4 is 5.97 Å². The van der Waals surface area contributed by atoms with Crippen molar-refractivity contribution < 1.29 is 71.9 Å². The third-order valence-electron chi connectivity index (χ3n) is 1.36. The summed E-state index contributed by atoms with van der Waals surface area (Å²) < 4.78 is 0. The zero-order chi connectivity index (χ0) is 5.98. The Morgan fingerprint density at radius 1 is 1.60 bits per heavy atom. The molecule has 0 aromatic heterocycles. The molecule has 0 unspecified atom stereocenters. The normalized spacial score (nSPS) is 22.6. The first kappa shape index (κ1) is 14.0. The van der Waals surface area contributed by atoms with E-state index in [0.29, 0.717) is 0 Å². The van der Waals surface area contributed by atoms with Crippen molar-refractivity contribution in [1.82, 2.24) is 5.32 Å². The number of hydrogen-bond acceptors (Lipinski definition) is 2.